The van der Waals surface area contributed by atoms with Crippen molar-refractivity contribution < 1.29 is 4.74 Å². The zero-order chi connectivity index (χ0) is 9.10. The average Bonchev–Trinajstić information content (AvgIpc) is 2.67. The van der Waals surface area contributed by atoms with E-state index in [-0.39, 0.29) is 6.10 Å². The monoisotopic (exact) mass is 176 g/mol. The molecule has 3 heteroatoms. The fourth-order valence-corrected chi connectivity index (χ4v) is 1.26. The molecule has 0 saturated heterocycles. The molecule has 13 heavy (non-hydrogen) atoms. The summed E-state index contributed by atoms with van der Waals surface area (Å²) in [5, 5.41) is 0. The lowest BCUT2D eigenvalue weighted by Crippen LogP contribution is -2.12. The molecule has 0 amide bonds. The molecule has 3 nitrogen and oxygen atoms in total. The van der Waals surface area contributed by atoms with Gasteiger partial charge in [0.05, 0.1) is 6.54 Å². The lowest BCUT2D eigenvalue weighted by molar-refractivity contribution is 0.220. The highest BCUT2D eigenvalue weighted by Gasteiger charge is 2.19. The van der Waals surface area contributed by atoms with Crippen LogP contribution in [0.1, 0.15) is 19.0 Å². The molecule has 1 aliphatic heterocycles. The Bertz CT molecular complexity index is 308. The molecule has 0 saturated carbocycles. The Balaban J connectivity index is 2.12. The van der Waals surface area contributed by atoms with Gasteiger partial charge in [-0.25, -0.2) is 4.99 Å². The lowest BCUT2D eigenvalue weighted by atomic mass is 10.3. The molecule has 0 aliphatic carbocycles. The van der Waals surface area contributed by atoms with E-state index >= 15 is 0 Å². The summed E-state index contributed by atoms with van der Waals surface area (Å²) in [4.78, 5) is 8.46. The molecule has 68 valence electrons. The molecule has 2 heterocycles. The fourth-order valence-electron chi connectivity index (χ4n) is 1.26. The van der Waals surface area contributed by atoms with Crippen LogP contribution in [0.3, 0.4) is 0 Å². The normalized spacial score (nSPS) is 21.0. The molecule has 0 aromatic carbocycles. The third-order valence-electron chi connectivity index (χ3n) is 2.06. The smallest absolute Gasteiger partial charge is 0.235 e. The van der Waals surface area contributed by atoms with Crippen LogP contribution < -0.4 is 0 Å². The second-order valence-electron chi connectivity index (χ2n) is 3.01. The second kappa shape index (κ2) is 3.56. The molecule has 0 fully saturated rings. The lowest BCUT2D eigenvalue weighted by Gasteiger charge is -2.06. The highest BCUT2D eigenvalue weighted by Crippen LogP contribution is 2.12. The minimum atomic E-state index is 0.247. The molecule has 0 spiro atoms. The van der Waals surface area contributed by atoms with Crippen LogP contribution in [0.2, 0.25) is 0 Å². The number of rotatable bonds is 2. The summed E-state index contributed by atoms with van der Waals surface area (Å²) in [7, 11) is 0. The summed E-state index contributed by atoms with van der Waals surface area (Å²) in [6, 6.07) is 5.74. The Hall–Kier alpha value is -1.38. The molecule has 0 bridgehead atoms. The van der Waals surface area contributed by atoms with Gasteiger partial charge in [-0.2, -0.15) is 0 Å². The average molecular weight is 176 g/mol. The number of hydrogen-bond acceptors (Lipinski definition) is 3. The SMILES string of the molecule is CCC1CN=C(c2ccccn2)O1. The third-order valence-corrected chi connectivity index (χ3v) is 2.06. The highest BCUT2D eigenvalue weighted by molar-refractivity contribution is 5.93. The molecule has 0 radical (unpaired) electrons. The topological polar surface area (TPSA) is 34.5 Å². The van der Waals surface area contributed by atoms with Gasteiger partial charge in [0.15, 0.2) is 0 Å². The Kier molecular flexibility index (Phi) is 2.25. The quantitative estimate of drug-likeness (QED) is 0.686. The Labute approximate surface area is 77.5 Å². The van der Waals surface area contributed by atoms with Crippen LogP contribution >= 0.6 is 0 Å². The van der Waals surface area contributed by atoms with Crippen molar-refractivity contribution >= 4 is 5.90 Å². The van der Waals surface area contributed by atoms with Gasteiger partial charge >= 0.3 is 0 Å². The van der Waals surface area contributed by atoms with Crippen LogP contribution in [-0.4, -0.2) is 23.5 Å². The number of nitrogens with zero attached hydrogens (tertiary/aromatic N) is 2. The van der Waals surface area contributed by atoms with E-state index in [0.717, 1.165) is 18.7 Å². The van der Waals surface area contributed by atoms with Gasteiger partial charge in [-0.3, -0.25) is 4.98 Å². The first-order valence-electron chi connectivity index (χ1n) is 4.52. The van der Waals surface area contributed by atoms with E-state index in [4.69, 9.17) is 4.74 Å². The molecular formula is C10H12N2O. The van der Waals surface area contributed by atoms with E-state index < -0.39 is 0 Å². The fraction of sp³-hybridized carbons (Fsp3) is 0.400. The summed E-state index contributed by atoms with van der Waals surface area (Å²) < 4.78 is 5.58. The third kappa shape index (κ3) is 1.69. The van der Waals surface area contributed by atoms with Crippen molar-refractivity contribution in [1.29, 1.82) is 0 Å². The summed E-state index contributed by atoms with van der Waals surface area (Å²) >= 11 is 0. The molecular weight excluding hydrogens is 164 g/mol. The highest BCUT2D eigenvalue weighted by atomic mass is 16.5. The maximum atomic E-state index is 5.58. The van der Waals surface area contributed by atoms with Crippen molar-refractivity contribution in [2.24, 2.45) is 4.99 Å². The Morgan fingerprint density at radius 1 is 1.54 bits per heavy atom. The first-order chi connectivity index (χ1) is 6.40. The van der Waals surface area contributed by atoms with Gasteiger partial charge in [0.1, 0.15) is 11.8 Å². The summed E-state index contributed by atoms with van der Waals surface area (Å²) in [6.07, 6.45) is 3.00. The molecule has 1 aliphatic rings. The second-order valence-corrected chi connectivity index (χ2v) is 3.01. The van der Waals surface area contributed by atoms with Crippen LogP contribution in [0, 0.1) is 0 Å². The molecule has 1 atom stereocenters. The van der Waals surface area contributed by atoms with Crippen molar-refractivity contribution in [2.75, 3.05) is 6.54 Å². The van der Waals surface area contributed by atoms with Crippen molar-refractivity contribution in [3.05, 3.63) is 30.1 Å². The molecule has 2 rings (SSSR count). The standard InChI is InChI=1S/C10H12N2O/c1-2-8-7-12-10(13-8)9-5-3-4-6-11-9/h3-6,8H,2,7H2,1H3. The van der Waals surface area contributed by atoms with Gasteiger partial charge in [0.2, 0.25) is 5.90 Å². The predicted molar refractivity (Wildman–Crippen MR) is 50.8 cm³/mol. The number of pyridine rings is 1. The van der Waals surface area contributed by atoms with Crippen molar-refractivity contribution in [3.63, 3.8) is 0 Å². The Morgan fingerprint density at radius 2 is 2.46 bits per heavy atom. The van der Waals surface area contributed by atoms with Gasteiger partial charge in [-0.15, -0.1) is 0 Å². The zero-order valence-corrected chi connectivity index (χ0v) is 7.60. The van der Waals surface area contributed by atoms with E-state index in [1.165, 1.54) is 0 Å². The van der Waals surface area contributed by atoms with Crippen molar-refractivity contribution in [2.45, 2.75) is 19.4 Å². The minimum absolute atomic E-state index is 0.247. The van der Waals surface area contributed by atoms with Crippen LogP contribution in [0.15, 0.2) is 29.4 Å². The summed E-state index contributed by atoms with van der Waals surface area (Å²) in [6.45, 7) is 2.87. The van der Waals surface area contributed by atoms with E-state index in [0.29, 0.717) is 5.90 Å². The molecule has 1 aromatic rings. The van der Waals surface area contributed by atoms with E-state index in [1.54, 1.807) is 6.20 Å². The van der Waals surface area contributed by atoms with Crippen molar-refractivity contribution in [3.8, 4) is 0 Å². The minimum Gasteiger partial charge on any atom is -0.471 e. The van der Waals surface area contributed by atoms with Gasteiger partial charge in [-0.1, -0.05) is 13.0 Å². The van der Waals surface area contributed by atoms with Crippen LogP contribution in [0.4, 0.5) is 0 Å². The van der Waals surface area contributed by atoms with Gasteiger partial charge in [0.25, 0.3) is 0 Å². The predicted octanol–water partition coefficient (Wildman–Crippen LogP) is 1.64. The maximum absolute atomic E-state index is 5.58. The number of aliphatic imine (C=N–C) groups is 1. The van der Waals surface area contributed by atoms with E-state index in [1.807, 2.05) is 18.2 Å². The van der Waals surface area contributed by atoms with E-state index in [2.05, 4.69) is 16.9 Å². The van der Waals surface area contributed by atoms with Crippen molar-refractivity contribution in [1.82, 2.24) is 4.98 Å². The maximum Gasteiger partial charge on any atom is 0.235 e. The first kappa shape index (κ1) is 8.23. The van der Waals surface area contributed by atoms with Gasteiger partial charge in [0, 0.05) is 6.20 Å². The van der Waals surface area contributed by atoms with E-state index in [9.17, 15) is 0 Å². The number of hydrogen-bond donors (Lipinski definition) is 0. The summed E-state index contributed by atoms with van der Waals surface area (Å²) in [5.74, 6) is 0.687. The van der Waals surface area contributed by atoms with Crippen LogP contribution in [0.25, 0.3) is 0 Å². The molecule has 0 N–H and O–H groups in total. The Morgan fingerprint density at radius 3 is 3.08 bits per heavy atom. The zero-order valence-electron chi connectivity index (χ0n) is 7.60. The molecule has 1 unspecified atom stereocenters. The van der Waals surface area contributed by atoms with Gasteiger partial charge < -0.3 is 4.74 Å². The summed E-state index contributed by atoms with van der Waals surface area (Å²) in [5.41, 5.74) is 0.832. The largest absolute Gasteiger partial charge is 0.471 e. The number of ether oxygens (including phenoxy) is 1. The van der Waals surface area contributed by atoms with Gasteiger partial charge in [-0.05, 0) is 18.6 Å². The van der Waals surface area contributed by atoms with Crippen LogP contribution in [-0.2, 0) is 4.74 Å². The number of aromatic nitrogens is 1. The first-order valence-corrected chi connectivity index (χ1v) is 4.52. The molecule has 1 aromatic heterocycles. The van der Waals surface area contributed by atoms with Crippen LogP contribution in [0.5, 0.6) is 0 Å².